The van der Waals surface area contributed by atoms with Crippen molar-refractivity contribution in [2.75, 3.05) is 6.61 Å². The maximum absolute atomic E-state index is 13.3. The van der Waals surface area contributed by atoms with Crippen LogP contribution in [0.25, 0.3) is 0 Å². The third-order valence-corrected chi connectivity index (χ3v) is 2.04. The SMILES string of the molecule is CCc1ccc(F)c(OC/C(N=N)=N/N)c1. The molecule has 0 bridgehead atoms. The highest BCUT2D eigenvalue weighted by atomic mass is 19.1. The van der Waals surface area contributed by atoms with E-state index in [1.54, 1.807) is 12.1 Å². The first-order valence-corrected chi connectivity index (χ1v) is 4.76. The highest BCUT2D eigenvalue weighted by Gasteiger charge is 2.06. The molecule has 1 aromatic rings. The van der Waals surface area contributed by atoms with Gasteiger partial charge in [0.25, 0.3) is 0 Å². The van der Waals surface area contributed by atoms with Crippen LogP contribution in [0, 0.1) is 11.3 Å². The highest BCUT2D eigenvalue weighted by Crippen LogP contribution is 2.19. The fourth-order valence-corrected chi connectivity index (χ4v) is 1.12. The summed E-state index contributed by atoms with van der Waals surface area (Å²) in [5, 5.41) is 6.23. The van der Waals surface area contributed by atoms with Crippen LogP contribution in [0.2, 0.25) is 0 Å². The molecule has 3 N–H and O–H groups in total. The van der Waals surface area contributed by atoms with Gasteiger partial charge < -0.3 is 10.6 Å². The number of benzene rings is 1. The van der Waals surface area contributed by atoms with Crippen molar-refractivity contribution in [3.05, 3.63) is 29.6 Å². The largest absolute Gasteiger partial charge is 0.482 e. The van der Waals surface area contributed by atoms with Crippen LogP contribution in [0.1, 0.15) is 12.5 Å². The molecule has 6 heteroatoms. The van der Waals surface area contributed by atoms with Gasteiger partial charge in [-0.3, -0.25) is 0 Å². The lowest BCUT2D eigenvalue weighted by Gasteiger charge is -2.07. The molecule has 0 aliphatic heterocycles. The van der Waals surface area contributed by atoms with Gasteiger partial charge in [-0.25, -0.2) is 9.92 Å². The molecular weight excluding hydrogens is 211 g/mol. The number of nitrogens with zero attached hydrogens (tertiary/aromatic N) is 2. The monoisotopic (exact) mass is 224 g/mol. The van der Waals surface area contributed by atoms with Gasteiger partial charge in [0.2, 0.25) is 5.84 Å². The molecule has 0 atom stereocenters. The average Bonchev–Trinajstić information content (AvgIpc) is 2.32. The Hall–Kier alpha value is -1.98. The second kappa shape index (κ2) is 5.79. The Morgan fingerprint density at radius 3 is 2.88 bits per heavy atom. The Labute approximate surface area is 92.6 Å². The normalized spacial score (nSPS) is 11.2. The maximum atomic E-state index is 13.3. The highest BCUT2D eigenvalue weighted by molar-refractivity contribution is 5.83. The third kappa shape index (κ3) is 3.01. The fourth-order valence-electron chi connectivity index (χ4n) is 1.12. The first-order valence-electron chi connectivity index (χ1n) is 4.76. The molecule has 0 aliphatic rings. The molecule has 0 radical (unpaired) electrons. The van der Waals surface area contributed by atoms with E-state index in [9.17, 15) is 4.39 Å². The molecule has 0 amide bonds. The Bertz CT molecular complexity index is 406. The van der Waals surface area contributed by atoms with Gasteiger partial charge in [0.05, 0.1) is 0 Å². The molecule has 0 fully saturated rings. The number of hydrogen-bond acceptors (Lipinski definition) is 4. The fraction of sp³-hybridized carbons (Fsp3) is 0.300. The van der Waals surface area contributed by atoms with Crippen LogP contribution in [-0.2, 0) is 6.42 Å². The molecule has 0 unspecified atom stereocenters. The number of amidine groups is 1. The summed E-state index contributed by atoms with van der Waals surface area (Å²) in [6.45, 7) is 1.84. The molecule has 1 rings (SSSR count). The lowest BCUT2D eigenvalue weighted by atomic mass is 10.1. The van der Waals surface area contributed by atoms with Gasteiger partial charge in [-0.2, -0.15) is 5.10 Å². The molecule has 0 aromatic heterocycles. The summed E-state index contributed by atoms with van der Waals surface area (Å²) in [5.74, 6) is 4.60. The number of nitrogens with one attached hydrogen (secondary N) is 1. The van der Waals surface area contributed by atoms with E-state index in [2.05, 4.69) is 10.2 Å². The standard InChI is InChI=1S/C10H13FN4O/c1-2-7-3-4-8(11)9(5-7)16-6-10(14-12)15-13/h3-5,12H,2,6,13H2,1H3/b14-12?,15-10-. The predicted molar refractivity (Wildman–Crippen MR) is 58.0 cm³/mol. The van der Waals surface area contributed by atoms with E-state index >= 15 is 0 Å². The van der Waals surface area contributed by atoms with Gasteiger partial charge in [-0.05, 0) is 24.1 Å². The van der Waals surface area contributed by atoms with Crippen molar-refractivity contribution in [1.82, 2.24) is 0 Å². The van der Waals surface area contributed by atoms with Crippen molar-refractivity contribution in [3.63, 3.8) is 0 Å². The average molecular weight is 224 g/mol. The molecule has 0 spiro atoms. The van der Waals surface area contributed by atoms with Crippen molar-refractivity contribution in [1.29, 1.82) is 5.53 Å². The molecule has 0 saturated heterocycles. The Kier molecular flexibility index (Phi) is 4.38. The lowest BCUT2D eigenvalue weighted by molar-refractivity contribution is 0.351. The smallest absolute Gasteiger partial charge is 0.206 e. The molecule has 86 valence electrons. The van der Waals surface area contributed by atoms with Crippen molar-refractivity contribution in [2.45, 2.75) is 13.3 Å². The van der Waals surface area contributed by atoms with Crippen molar-refractivity contribution in [3.8, 4) is 5.75 Å². The minimum Gasteiger partial charge on any atom is -0.482 e. The van der Waals surface area contributed by atoms with Gasteiger partial charge >= 0.3 is 0 Å². The number of hydrazone groups is 1. The molecular formula is C10H13FN4O. The van der Waals surface area contributed by atoms with Crippen LogP contribution < -0.4 is 10.6 Å². The van der Waals surface area contributed by atoms with E-state index in [4.69, 9.17) is 16.1 Å². The van der Waals surface area contributed by atoms with Gasteiger partial charge in [0, 0.05) is 0 Å². The second-order valence-electron chi connectivity index (χ2n) is 3.06. The van der Waals surface area contributed by atoms with E-state index in [0.29, 0.717) is 0 Å². The zero-order valence-corrected chi connectivity index (χ0v) is 8.90. The molecule has 0 aliphatic carbocycles. The summed E-state index contributed by atoms with van der Waals surface area (Å²) >= 11 is 0. The molecule has 0 saturated carbocycles. The van der Waals surface area contributed by atoms with Gasteiger partial charge in [-0.15, -0.1) is 5.11 Å². The van der Waals surface area contributed by atoms with Crippen LogP contribution in [0.15, 0.2) is 28.4 Å². The van der Waals surface area contributed by atoms with Crippen LogP contribution >= 0.6 is 0 Å². The summed E-state index contributed by atoms with van der Waals surface area (Å²) in [5.41, 5.74) is 7.66. The number of aryl methyl sites for hydroxylation is 1. The molecule has 0 heterocycles. The molecule has 1 aromatic carbocycles. The second-order valence-corrected chi connectivity index (χ2v) is 3.06. The summed E-state index contributed by atoms with van der Waals surface area (Å²) in [6.07, 6.45) is 0.789. The van der Waals surface area contributed by atoms with Gasteiger partial charge in [0.1, 0.15) is 0 Å². The van der Waals surface area contributed by atoms with Gasteiger partial charge in [-0.1, -0.05) is 13.0 Å². The van der Waals surface area contributed by atoms with E-state index in [0.717, 1.165) is 12.0 Å². The predicted octanol–water partition coefficient (Wildman–Crippen LogP) is 2.07. The zero-order chi connectivity index (χ0) is 12.0. The Balaban J connectivity index is 2.76. The minimum atomic E-state index is -0.460. The summed E-state index contributed by atoms with van der Waals surface area (Å²) < 4.78 is 18.4. The van der Waals surface area contributed by atoms with E-state index in [1.165, 1.54) is 6.07 Å². The van der Waals surface area contributed by atoms with Crippen molar-refractivity contribution >= 4 is 5.84 Å². The Morgan fingerprint density at radius 1 is 1.56 bits per heavy atom. The summed E-state index contributed by atoms with van der Waals surface area (Å²) in [4.78, 5) is 0. The van der Waals surface area contributed by atoms with Crippen LogP contribution in [0.3, 0.4) is 0 Å². The Morgan fingerprint density at radius 2 is 2.31 bits per heavy atom. The number of ether oxygens (including phenoxy) is 1. The van der Waals surface area contributed by atoms with Crippen LogP contribution in [0.4, 0.5) is 4.39 Å². The maximum Gasteiger partial charge on any atom is 0.206 e. The van der Waals surface area contributed by atoms with E-state index < -0.39 is 5.82 Å². The van der Waals surface area contributed by atoms with E-state index in [-0.39, 0.29) is 18.2 Å². The third-order valence-electron chi connectivity index (χ3n) is 2.04. The topological polar surface area (TPSA) is 83.8 Å². The molecule has 16 heavy (non-hydrogen) atoms. The molecule has 5 nitrogen and oxygen atoms in total. The minimum absolute atomic E-state index is 0.00121. The quantitative estimate of drug-likeness (QED) is 0.270. The number of halogens is 1. The van der Waals surface area contributed by atoms with Crippen molar-refractivity contribution < 1.29 is 9.13 Å². The van der Waals surface area contributed by atoms with Gasteiger partial charge in [0.15, 0.2) is 18.2 Å². The van der Waals surface area contributed by atoms with Crippen molar-refractivity contribution in [2.24, 2.45) is 16.1 Å². The lowest BCUT2D eigenvalue weighted by Crippen LogP contribution is -2.11. The number of nitrogens with two attached hydrogens (primary N) is 1. The number of rotatable bonds is 4. The van der Waals surface area contributed by atoms with Crippen LogP contribution in [-0.4, -0.2) is 12.4 Å². The van der Waals surface area contributed by atoms with Crippen LogP contribution in [0.5, 0.6) is 5.75 Å². The first kappa shape index (κ1) is 12.1. The number of hydrogen-bond donors (Lipinski definition) is 2. The first-order chi connectivity index (χ1) is 7.71. The van der Waals surface area contributed by atoms with E-state index in [1.807, 2.05) is 6.92 Å². The zero-order valence-electron chi connectivity index (χ0n) is 8.90. The summed E-state index contributed by atoms with van der Waals surface area (Å²) in [7, 11) is 0. The summed E-state index contributed by atoms with van der Waals surface area (Å²) in [6, 6.07) is 4.63.